The first kappa shape index (κ1) is 13.8. The summed E-state index contributed by atoms with van der Waals surface area (Å²) in [5.74, 6) is -3.96. The van der Waals surface area contributed by atoms with Crippen molar-refractivity contribution in [2.75, 3.05) is 4.67 Å². The molecule has 1 aromatic rings. The lowest BCUT2D eigenvalue weighted by molar-refractivity contribution is -0.384. The molecule has 0 atom stereocenters. The van der Waals surface area contributed by atoms with Gasteiger partial charge in [0.1, 0.15) is 0 Å². The summed E-state index contributed by atoms with van der Waals surface area (Å²) in [5, 5.41) is 10.4. The van der Waals surface area contributed by atoms with Crippen LogP contribution in [0.5, 0.6) is 0 Å². The highest BCUT2D eigenvalue weighted by molar-refractivity contribution is 8.10. The fourth-order valence-corrected chi connectivity index (χ4v) is 2.69. The van der Waals surface area contributed by atoms with E-state index in [9.17, 15) is 19.5 Å². The molecule has 0 unspecified atom stereocenters. The van der Waals surface area contributed by atoms with Crippen molar-refractivity contribution in [1.29, 1.82) is 0 Å². The number of amides is 2. The first-order valence-electron chi connectivity index (χ1n) is 4.07. The van der Waals surface area contributed by atoms with Crippen LogP contribution in [0, 0.1) is 10.1 Å². The summed E-state index contributed by atoms with van der Waals surface area (Å²) >= 11 is 10.7. The van der Waals surface area contributed by atoms with Gasteiger partial charge in [-0.05, 0) is 34.6 Å². The topological polar surface area (TPSA) is 107 Å². The zero-order valence-electron chi connectivity index (χ0n) is 8.12. The van der Waals surface area contributed by atoms with Crippen LogP contribution in [0.1, 0.15) is 0 Å². The number of halogens is 2. The van der Waals surface area contributed by atoms with Crippen LogP contribution in [0.15, 0.2) is 24.3 Å². The second kappa shape index (κ2) is 4.91. The minimum atomic E-state index is -3.96. The van der Waals surface area contributed by atoms with Crippen molar-refractivity contribution in [3.63, 3.8) is 0 Å². The standard InChI is InChI=1S/C7H6Cl2N3O4P/c8-17(9,16)11(7(10)13)5-1-3-6(4-2-5)12(14)15/h1-4H,(H2,10,13). The summed E-state index contributed by atoms with van der Waals surface area (Å²) in [6.45, 7) is 0. The van der Waals surface area contributed by atoms with Crippen molar-refractivity contribution in [2.45, 2.75) is 0 Å². The minimum absolute atomic E-state index is 0.0106. The first-order valence-corrected chi connectivity index (χ1v) is 7.54. The van der Waals surface area contributed by atoms with E-state index in [1.807, 2.05) is 0 Å². The maximum absolute atomic E-state index is 11.4. The van der Waals surface area contributed by atoms with Crippen LogP contribution < -0.4 is 10.4 Å². The lowest BCUT2D eigenvalue weighted by atomic mass is 10.3. The van der Waals surface area contributed by atoms with Crippen molar-refractivity contribution >= 4 is 45.9 Å². The number of nitrogens with two attached hydrogens (primary N) is 1. The van der Waals surface area contributed by atoms with Gasteiger partial charge in [0.25, 0.3) is 5.69 Å². The number of nitrogens with zero attached hydrogens (tertiary/aromatic N) is 2. The maximum Gasteiger partial charge on any atom is 0.353 e. The zero-order valence-corrected chi connectivity index (χ0v) is 10.5. The van der Waals surface area contributed by atoms with Gasteiger partial charge in [0.2, 0.25) is 0 Å². The number of nitro benzene ring substituents is 1. The molecule has 2 amide bonds. The van der Waals surface area contributed by atoms with Gasteiger partial charge in [0.15, 0.2) is 0 Å². The Kier molecular flexibility index (Phi) is 3.98. The Morgan fingerprint density at radius 1 is 1.35 bits per heavy atom. The average molecular weight is 298 g/mol. The average Bonchev–Trinajstić information content (AvgIpc) is 2.15. The molecule has 0 aliphatic carbocycles. The summed E-state index contributed by atoms with van der Waals surface area (Å²) in [5.41, 5.74) is 4.78. The van der Waals surface area contributed by atoms with E-state index in [0.717, 1.165) is 12.1 Å². The van der Waals surface area contributed by atoms with Crippen LogP contribution in [0.4, 0.5) is 16.2 Å². The summed E-state index contributed by atoms with van der Waals surface area (Å²) in [6.07, 6.45) is 0. The smallest absolute Gasteiger partial charge is 0.351 e. The molecule has 0 saturated carbocycles. The molecule has 17 heavy (non-hydrogen) atoms. The van der Waals surface area contributed by atoms with Gasteiger partial charge >= 0.3 is 12.0 Å². The van der Waals surface area contributed by atoms with E-state index < -0.39 is 17.0 Å². The monoisotopic (exact) mass is 297 g/mol. The summed E-state index contributed by atoms with van der Waals surface area (Å²) < 4.78 is 11.9. The summed E-state index contributed by atoms with van der Waals surface area (Å²) in [7, 11) is 0. The number of primary amides is 1. The van der Waals surface area contributed by atoms with E-state index in [1.165, 1.54) is 12.1 Å². The number of non-ortho nitro benzene ring substituents is 1. The Balaban J connectivity index is 3.18. The van der Waals surface area contributed by atoms with E-state index in [1.54, 1.807) is 0 Å². The molecule has 0 aliphatic rings. The fourth-order valence-electron chi connectivity index (χ4n) is 1.09. The van der Waals surface area contributed by atoms with Gasteiger partial charge in [-0.25, -0.2) is 9.46 Å². The van der Waals surface area contributed by atoms with Crippen LogP contribution in [0.2, 0.25) is 0 Å². The van der Waals surface area contributed by atoms with E-state index in [2.05, 4.69) is 0 Å². The Bertz CT molecular complexity index is 500. The molecule has 0 aliphatic heterocycles. The Hall–Kier alpha value is -1.30. The maximum atomic E-state index is 11.4. The normalized spacial score (nSPS) is 10.9. The third-order valence-electron chi connectivity index (χ3n) is 1.75. The molecule has 0 spiro atoms. The second-order valence-corrected chi connectivity index (χ2v) is 7.40. The summed E-state index contributed by atoms with van der Waals surface area (Å²) in [6, 6.07) is 3.43. The van der Waals surface area contributed by atoms with Crippen molar-refractivity contribution in [3.8, 4) is 0 Å². The molecule has 1 rings (SSSR count). The Labute approximate surface area is 105 Å². The zero-order chi connectivity index (χ0) is 13.2. The van der Waals surface area contributed by atoms with Crippen LogP contribution in [0.25, 0.3) is 0 Å². The first-order chi connectivity index (χ1) is 7.73. The highest BCUT2D eigenvalue weighted by Crippen LogP contribution is 2.61. The number of anilines is 1. The lowest BCUT2D eigenvalue weighted by Crippen LogP contribution is -2.30. The number of hydrogen-bond donors (Lipinski definition) is 1. The molecule has 0 saturated heterocycles. The molecule has 0 heterocycles. The molecule has 0 fully saturated rings. The number of rotatable bonds is 3. The molecular formula is C7H6Cl2N3O4P. The number of carbonyl (C=O) groups is 1. The molecule has 0 bridgehead atoms. The Morgan fingerprint density at radius 2 is 1.82 bits per heavy atom. The van der Waals surface area contributed by atoms with Gasteiger partial charge in [-0.3, -0.25) is 14.7 Å². The fraction of sp³-hybridized carbons (Fsp3) is 0. The van der Waals surface area contributed by atoms with Gasteiger partial charge in [0.05, 0.1) is 10.6 Å². The van der Waals surface area contributed by atoms with Crippen LogP contribution >= 0.6 is 28.5 Å². The van der Waals surface area contributed by atoms with Gasteiger partial charge in [-0.15, -0.1) is 0 Å². The van der Waals surface area contributed by atoms with Crippen LogP contribution in [-0.4, -0.2) is 11.0 Å². The van der Waals surface area contributed by atoms with Crippen molar-refractivity contribution in [2.24, 2.45) is 5.73 Å². The molecule has 2 N–H and O–H groups in total. The molecule has 1 aromatic carbocycles. The molecule has 92 valence electrons. The third-order valence-corrected chi connectivity index (χ3v) is 3.55. The number of nitro groups is 1. The highest BCUT2D eigenvalue weighted by Gasteiger charge is 2.30. The lowest BCUT2D eigenvalue weighted by Gasteiger charge is -2.20. The summed E-state index contributed by atoms with van der Waals surface area (Å²) in [4.78, 5) is 20.8. The largest absolute Gasteiger partial charge is 0.353 e. The van der Waals surface area contributed by atoms with Gasteiger partial charge in [-0.2, -0.15) is 0 Å². The van der Waals surface area contributed by atoms with E-state index in [-0.39, 0.29) is 11.4 Å². The molecule has 0 aromatic heterocycles. The number of urea groups is 1. The van der Waals surface area contributed by atoms with Gasteiger partial charge in [0, 0.05) is 12.1 Å². The quantitative estimate of drug-likeness (QED) is 0.525. The van der Waals surface area contributed by atoms with Crippen molar-refractivity contribution in [1.82, 2.24) is 0 Å². The molecular weight excluding hydrogens is 292 g/mol. The minimum Gasteiger partial charge on any atom is -0.351 e. The van der Waals surface area contributed by atoms with E-state index in [4.69, 9.17) is 28.2 Å². The Morgan fingerprint density at radius 3 is 2.12 bits per heavy atom. The SMILES string of the molecule is NC(=O)N(c1ccc([N+](=O)[O-])cc1)P(=O)(Cl)Cl. The van der Waals surface area contributed by atoms with E-state index >= 15 is 0 Å². The predicted molar refractivity (Wildman–Crippen MR) is 64.5 cm³/mol. The van der Waals surface area contributed by atoms with E-state index in [0.29, 0.717) is 4.67 Å². The van der Waals surface area contributed by atoms with Crippen molar-refractivity contribution in [3.05, 3.63) is 34.4 Å². The van der Waals surface area contributed by atoms with Crippen molar-refractivity contribution < 1.29 is 14.3 Å². The number of hydrogen-bond acceptors (Lipinski definition) is 4. The number of carbonyl (C=O) groups excluding carboxylic acids is 1. The molecule has 10 heteroatoms. The third kappa shape index (κ3) is 3.33. The van der Waals surface area contributed by atoms with Crippen LogP contribution in [-0.2, 0) is 4.57 Å². The second-order valence-electron chi connectivity index (χ2n) is 2.86. The molecule has 0 radical (unpaired) electrons. The van der Waals surface area contributed by atoms with Gasteiger partial charge < -0.3 is 5.73 Å². The molecule has 7 nitrogen and oxygen atoms in total. The number of benzene rings is 1. The predicted octanol–water partition coefficient (Wildman–Crippen LogP) is 3.07. The van der Waals surface area contributed by atoms with Crippen LogP contribution in [0.3, 0.4) is 0 Å². The van der Waals surface area contributed by atoms with Gasteiger partial charge in [-0.1, -0.05) is 0 Å². The highest BCUT2D eigenvalue weighted by atomic mass is 35.9.